The summed E-state index contributed by atoms with van der Waals surface area (Å²) in [5, 5.41) is 6.76. The fraction of sp³-hybridized carbons (Fsp3) is 0.400. The van der Waals surface area contributed by atoms with Crippen LogP contribution in [0.3, 0.4) is 0 Å². The van der Waals surface area contributed by atoms with Gasteiger partial charge in [0.2, 0.25) is 5.89 Å². The Morgan fingerprint density at radius 3 is 2.52 bits per heavy atom. The van der Waals surface area contributed by atoms with E-state index in [1.165, 1.54) is 0 Å². The Kier molecular flexibility index (Phi) is 4.77. The summed E-state index contributed by atoms with van der Waals surface area (Å²) in [5.74, 6) is 1.11. The lowest BCUT2D eigenvalue weighted by Gasteiger charge is -2.10. The summed E-state index contributed by atoms with van der Waals surface area (Å²) in [6, 6.07) is 7.21. The molecular formula is C15H18BrN3O2. The van der Waals surface area contributed by atoms with Crippen molar-refractivity contribution in [2.24, 2.45) is 0 Å². The van der Waals surface area contributed by atoms with E-state index in [1.807, 2.05) is 32.9 Å². The lowest BCUT2D eigenvalue weighted by Crippen LogP contribution is -2.25. The van der Waals surface area contributed by atoms with Crippen molar-refractivity contribution >= 4 is 21.8 Å². The number of hydrogen-bond donors (Lipinski definition) is 1. The highest BCUT2D eigenvalue weighted by Gasteiger charge is 2.21. The first-order valence-electron chi connectivity index (χ1n) is 6.73. The summed E-state index contributed by atoms with van der Waals surface area (Å²) in [4.78, 5) is 16.2. The Morgan fingerprint density at radius 1 is 1.29 bits per heavy atom. The molecule has 0 fully saturated rings. The number of rotatable bonds is 4. The molecule has 0 aliphatic rings. The normalized spacial score (nSPS) is 11.4. The number of hydrogen-bond acceptors (Lipinski definition) is 4. The molecule has 21 heavy (non-hydrogen) atoms. The van der Waals surface area contributed by atoms with E-state index in [4.69, 9.17) is 4.52 Å². The minimum Gasteiger partial charge on any atom is -0.352 e. The van der Waals surface area contributed by atoms with Crippen LogP contribution in [0.4, 0.5) is 0 Å². The van der Waals surface area contributed by atoms with Crippen molar-refractivity contribution < 1.29 is 9.32 Å². The Hall–Kier alpha value is -1.69. The Bertz CT molecular complexity index is 615. The fourth-order valence-electron chi connectivity index (χ4n) is 1.65. The van der Waals surface area contributed by atoms with Crippen LogP contribution < -0.4 is 5.32 Å². The van der Waals surface area contributed by atoms with Crippen molar-refractivity contribution in [3.8, 4) is 0 Å². The monoisotopic (exact) mass is 351 g/mol. The molecular weight excluding hydrogens is 334 g/mol. The number of carbonyl (C=O) groups is 1. The van der Waals surface area contributed by atoms with Gasteiger partial charge in [0.05, 0.1) is 0 Å². The zero-order chi connectivity index (χ0) is 15.5. The van der Waals surface area contributed by atoms with Gasteiger partial charge in [0, 0.05) is 28.4 Å². The predicted molar refractivity (Wildman–Crippen MR) is 83.2 cm³/mol. The van der Waals surface area contributed by atoms with Gasteiger partial charge in [-0.3, -0.25) is 4.79 Å². The number of nitrogens with one attached hydrogen (secondary N) is 1. The highest BCUT2D eigenvalue weighted by atomic mass is 79.9. The minimum absolute atomic E-state index is 0.109. The van der Waals surface area contributed by atoms with Crippen LogP contribution in [0.25, 0.3) is 0 Å². The van der Waals surface area contributed by atoms with E-state index in [9.17, 15) is 4.79 Å². The summed E-state index contributed by atoms with van der Waals surface area (Å²) in [6.45, 7) is 6.51. The van der Waals surface area contributed by atoms with Crippen LogP contribution in [0.15, 0.2) is 33.3 Å². The SMILES string of the molecule is CC(C)(C)c1nc(CCNC(=O)c2ccc(Br)cc2)no1. The van der Waals surface area contributed by atoms with Crippen molar-refractivity contribution in [3.05, 3.63) is 46.0 Å². The second-order valence-corrected chi connectivity index (χ2v) is 6.69. The molecule has 0 unspecified atom stereocenters. The first-order valence-corrected chi connectivity index (χ1v) is 7.52. The van der Waals surface area contributed by atoms with Crippen LogP contribution in [0, 0.1) is 0 Å². The lowest BCUT2D eigenvalue weighted by atomic mass is 9.97. The zero-order valence-corrected chi connectivity index (χ0v) is 13.9. The first kappa shape index (κ1) is 15.7. The van der Waals surface area contributed by atoms with Gasteiger partial charge in [0.1, 0.15) is 0 Å². The molecule has 1 heterocycles. The standard InChI is InChI=1S/C15H18BrN3O2/c1-15(2,3)14-18-12(19-21-14)8-9-17-13(20)10-4-6-11(16)7-5-10/h4-7H,8-9H2,1-3H3,(H,17,20). The van der Waals surface area contributed by atoms with E-state index in [1.54, 1.807) is 12.1 Å². The summed E-state index contributed by atoms with van der Waals surface area (Å²) < 4.78 is 6.15. The number of carbonyl (C=O) groups excluding carboxylic acids is 1. The molecule has 0 aliphatic carbocycles. The summed E-state index contributed by atoms with van der Waals surface area (Å²) in [7, 11) is 0. The molecule has 1 aromatic carbocycles. The Balaban J connectivity index is 1.85. The van der Waals surface area contributed by atoms with Gasteiger partial charge in [-0.15, -0.1) is 0 Å². The van der Waals surface area contributed by atoms with Gasteiger partial charge in [0.15, 0.2) is 5.82 Å². The maximum atomic E-state index is 11.9. The maximum absolute atomic E-state index is 11.9. The molecule has 6 heteroatoms. The van der Waals surface area contributed by atoms with Gasteiger partial charge in [-0.1, -0.05) is 41.9 Å². The summed E-state index contributed by atoms with van der Waals surface area (Å²) in [5.41, 5.74) is 0.466. The summed E-state index contributed by atoms with van der Waals surface area (Å²) in [6.07, 6.45) is 0.544. The third-order valence-electron chi connectivity index (χ3n) is 2.85. The molecule has 5 nitrogen and oxygen atoms in total. The highest BCUT2D eigenvalue weighted by Crippen LogP contribution is 2.19. The quantitative estimate of drug-likeness (QED) is 0.918. The van der Waals surface area contributed by atoms with Gasteiger partial charge in [-0.25, -0.2) is 0 Å². The van der Waals surface area contributed by atoms with Gasteiger partial charge in [-0.05, 0) is 24.3 Å². The van der Waals surface area contributed by atoms with Crippen molar-refractivity contribution in [1.82, 2.24) is 15.5 Å². The average molecular weight is 352 g/mol. The van der Waals surface area contributed by atoms with Crippen molar-refractivity contribution in [2.45, 2.75) is 32.6 Å². The van der Waals surface area contributed by atoms with Gasteiger partial charge >= 0.3 is 0 Å². The van der Waals surface area contributed by atoms with Crippen LogP contribution in [-0.2, 0) is 11.8 Å². The predicted octanol–water partition coefficient (Wildman–Crippen LogP) is 3.10. The van der Waals surface area contributed by atoms with Crippen molar-refractivity contribution in [3.63, 3.8) is 0 Å². The molecule has 0 bridgehead atoms. The molecule has 112 valence electrons. The molecule has 1 N–H and O–H groups in total. The van der Waals surface area contributed by atoms with E-state index in [-0.39, 0.29) is 11.3 Å². The molecule has 0 radical (unpaired) electrons. The van der Waals surface area contributed by atoms with E-state index in [2.05, 4.69) is 31.4 Å². The summed E-state index contributed by atoms with van der Waals surface area (Å²) >= 11 is 3.34. The molecule has 2 rings (SSSR count). The molecule has 1 aromatic heterocycles. The van der Waals surface area contributed by atoms with Crippen LogP contribution in [0.2, 0.25) is 0 Å². The van der Waals surface area contributed by atoms with E-state index in [0.29, 0.717) is 30.2 Å². The molecule has 2 aromatic rings. The number of benzene rings is 1. The molecule has 0 aliphatic heterocycles. The molecule has 0 saturated carbocycles. The van der Waals surface area contributed by atoms with Crippen LogP contribution in [-0.4, -0.2) is 22.6 Å². The lowest BCUT2D eigenvalue weighted by molar-refractivity contribution is 0.0954. The molecule has 1 amide bonds. The molecule has 0 spiro atoms. The topological polar surface area (TPSA) is 68.0 Å². The van der Waals surface area contributed by atoms with E-state index >= 15 is 0 Å². The van der Waals surface area contributed by atoms with Crippen LogP contribution in [0.1, 0.15) is 42.8 Å². The zero-order valence-electron chi connectivity index (χ0n) is 12.3. The second kappa shape index (κ2) is 6.39. The van der Waals surface area contributed by atoms with E-state index < -0.39 is 0 Å². The smallest absolute Gasteiger partial charge is 0.251 e. The highest BCUT2D eigenvalue weighted by molar-refractivity contribution is 9.10. The van der Waals surface area contributed by atoms with Gasteiger partial charge in [-0.2, -0.15) is 4.98 Å². The number of amides is 1. The maximum Gasteiger partial charge on any atom is 0.251 e. The fourth-order valence-corrected chi connectivity index (χ4v) is 1.92. The Labute approximate surface area is 132 Å². The van der Waals surface area contributed by atoms with Crippen LogP contribution >= 0.6 is 15.9 Å². The number of aromatic nitrogens is 2. The minimum atomic E-state index is -0.161. The Morgan fingerprint density at radius 2 is 1.95 bits per heavy atom. The average Bonchev–Trinajstić information content (AvgIpc) is 2.88. The third-order valence-corrected chi connectivity index (χ3v) is 3.38. The number of halogens is 1. The van der Waals surface area contributed by atoms with Crippen LogP contribution in [0.5, 0.6) is 0 Å². The molecule has 0 saturated heterocycles. The molecule has 0 atom stereocenters. The third kappa shape index (κ3) is 4.39. The van der Waals surface area contributed by atoms with Crippen molar-refractivity contribution in [2.75, 3.05) is 6.54 Å². The van der Waals surface area contributed by atoms with Crippen molar-refractivity contribution in [1.29, 1.82) is 0 Å². The van der Waals surface area contributed by atoms with E-state index in [0.717, 1.165) is 4.47 Å². The number of nitrogens with zero attached hydrogens (tertiary/aromatic N) is 2. The second-order valence-electron chi connectivity index (χ2n) is 5.78. The van der Waals surface area contributed by atoms with Gasteiger partial charge in [0.25, 0.3) is 5.91 Å². The largest absolute Gasteiger partial charge is 0.352 e. The first-order chi connectivity index (χ1) is 9.86. The van der Waals surface area contributed by atoms with Gasteiger partial charge < -0.3 is 9.84 Å².